The van der Waals surface area contributed by atoms with Gasteiger partial charge in [-0.3, -0.25) is 14.2 Å². The predicted octanol–water partition coefficient (Wildman–Crippen LogP) is 4.66. The molecule has 27 heavy (non-hydrogen) atoms. The van der Waals surface area contributed by atoms with Crippen LogP contribution in [0.4, 0.5) is 0 Å². The van der Waals surface area contributed by atoms with E-state index in [-0.39, 0.29) is 23.3 Å². The Kier molecular flexibility index (Phi) is 8.35. The summed E-state index contributed by atoms with van der Waals surface area (Å²) < 4.78 is 1.67. The van der Waals surface area contributed by atoms with Crippen molar-refractivity contribution in [3.63, 3.8) is 0 Å². The van der Waals surface area contributed by atoms with E-state index in [1.165, 1.54) is 31.0 Å². The number of aromatic nitrogens is 2. The van der Waals surface area contributed by atoms with Crippen LogP contribution in [0.25, 0.3) is 10.2 Å². The zero-order valence-corrected chi connectivity index (χ0v) is 18.7. The number of aryl methyl sites for hydroxylation is 2. The zero-order chi connectivity index (χ0) is 20.0. The molecule has 2 heterocycles. The van der Waals surface area contributed by atoms with Crippen molar-refractivity contribution >= 4 is 39.2 Å². The highest BCUT2D eigenvalue weighted by Crippen LogP contribution is 2.28. The molecule has 0 fully saturated rings. The Morgan fingerprint density at radius 2 is 2.00 bits per heavy atom. The van der Waals surface area contributed by atoms with E-state index in [0.717, 1.165) is 28.1 Å². The molecule has 7 heteroatoms. The summed E-state index contributed by atoms with van der Waals surface area (Å²) in [6.07, 6.45) is 5.84. The minimum absolute atomic E-state index is 0.00136. The molecule has 2 aromatic heterocycles. The first kappa shape index (κ1) is 22.0. The maximum Gasteiger partial charge on any atom is 0.263 e. The number of nitrogens with zero attached hydrogens (tertiary/aromatic N) is 2. The Labute approximate surface area is 170 Å². The molecule has 0 bridgehead atoms. The smallest absolute Gasteiger partial charge is 0.263 e. The molecule has 0 saturated carbocycles. The fourth-order valence-electron chi connectivity index (χ4n) is 3.09. The largest absolute Gasteiger partial charge is 0.353 e. The van der Waals surface area contributed by atoms with Crippen LogP contribution in [0, 0.1) is 13.8 Å². The van der Waals surface area contributed by atoms with Crippen LogP contribution in [0.15, 0.2) is 9.95 Å². The molecule has 150 valence electrons. The SMILES string of the molecule is CCCCCC[C@@H](C)NC(=O)CSc1nc2sc(C)c(C)c2c(=O)n1CC. The van der Waals surface area contributed by atoms with Crippen LogP contribution in [-0.2, 0) is 11.3 Å². The number of unbranched alkanes of at least 4 members (excludes halogenated alkanes) is 3. The molecule has 5 nitrogen and oxygen atoms in total. The number of thioether (sulfide) groups is 1. The van der Waals surface area contributed by atoms with E-state index < -0.39 is 0 Å². The lowest BCUT2D eigenvalue weighted by molar-refractivity contribution is -0.119. The minimum atomic E-state index is -0.00319. The van der Waals surface area contributed by atoms with Crippen molar-refractivity contribution in [2.45, 2.75) is 84.5 Å². The van der Waals surface area contributed by atoms with E-state index in [1.54, 1.807) is 15.9 Å². The van der Waals surface area contributed by atoms with Gasteiger partial charge in [-0.25, -0.2) is 4.98 Å². The minimum Gasteiger partial charge on any atom is -0.353 e. The normalized spacial score (nSPS) is 12.5. The van der Waals surface area contributed by atoms with E-state index >= 15 is 0 Å². The number of hydrogen-bond acceptors (Lipinski definition) is 5. The van der Waals surface area contributed by atoms with Crippen LogP contribution in [0.3, 0.4) is 0 Å². The van der Waals surface area contributed by atoms with E-state index in [2.05, 4.69) is 24.1 Å². The first-order chi connectivity index (χ1) is 12.9. The Hall–Kier alpha value is -1.34. The Morgan fingerprint density at radius 3 is 2.67 bits per heavy atom. The highest BCUT2D eigenvalue weighted by atomic mass is 32.2. The molecule has 2 rings (SSSR count). The summed E-state index contributed by atoms with van der Waals surface area (Å²) in [5.41, 5.74) is 1.01. The summed E-state index contributed by atoms with van der Waals surface area (Å²) >= 11 is 2.89. The summed E-state index contributed by atoms with van der Waals surface area (Å²) in [6, 6.07) is 0.182. The van der Waals surface area contributed by atoms with Crippen LogP contribution >= 0.6 is 23.1 Å². The molecule has 0 aliphatic carbocycles. The van der Waals surface area contributed by atoms with Crippen LogP contribution in [0.2, 0.25) is 0 Å². The van der Waals surface area contributed by atoms with Crippen molar-refractivity contribution in [2.75, 3.05) is 5.75 Å². The van der Waals surface area contributed by atoms with Gasteiger partial charge in [-0.1, -0.05) is 44.4 Å². The van der Waals surface area contributed by atoms with Gasteiger partial charge >= 0.3 is 0 Å². The molecule has 1 amide bonds. The molecule has 0 aromatic carbocycles. The molecule has 0 aliphatic heterocycles. The van der Waals surface area contributed by atoms with Crippen molar-refractivity contribution in [2.24, 2.45) is 0 Å². The third-order valence-electron chi connectivity index (χ3n) is 4.80. The average molecular weight is 410 g/mol. The lowest BCUT2D eigenvalue weighted by Crippen LogP contribution is -2.34. The Morgan fingerprint density at radius 1 is 1.26 bits per heavy atom. The summed E-state index contributed by atoms with van der Waals surface area (Å²) in [5.74, 6) is 0.277. The van der Waals surface area contributed by atoms with E-state index in [9.17, 15) is 9.59 Å². The van der Waals surface area contributed by atoms with Crippen LogP contribution < -0.4 is 10.9 Å². The molecule has 0 radical (unpaired) electrons. The van der Waals surface area contributed by atoms with Crippen molar-refractivity contribution in [1.29, 1.82) is 0 Å². The second-order valence-corrected chi connectivity index (χ2v) is 9.16. The standard InChI is InChI=1S/C20H31N3O2S2/c1-6-8-9-10-11-13(3)21-16(24)12-26-20-22-18-17(14(4)15(5)27-18)19(25)23(20)7-2/h13H,6-12H2,1-5H3,(H,21,24)/t13-/m1/s1. The molecule has 0 saturated heterocycles. The van der Waals surface area contributed by atoms with Crippen molar-refractivity contribution < 1.29 is 4.79 Å². The Balaban J connectivity index is 2.02. The van der Waals surface area contributed by atoms with Crippen LogP contribution in [0.1, 0.15) is 63.3 Å². The number of carbonyl (C=O) groups is 1. The molecule has 0 spiro atoms. The van der Waals surface area contributed by atoms with Crippen molar-refractivity contribution in [3.8, 4) is 0 Å². The highest BCUT2D eigenvalue weighted by Gasteiger charge is 2.17. The molecular formula is C20H31N3O2S2. The van der Waals surface area contributed by atoms with Gasteiger partial charge in [-0.2, -0.15) is 0 Å². The summed E-state index contributed by atoms with van der Waals surface area (Å²) in [7, 11) is 0. The Bertz CT molecular complexity index is 842. The van der Waals surface area contributed by atoms with Crippen LogP contribution in [-0.4, -0.2) is 27.3 Å². The lowest BCUT2D eigenvalue weighted by Gasteiger charge is -2.14. The summed E-state index contributed by atoms with van der Waals surface area (Å²) in [5, 5.41) is 4.40. The number of fused-ring (bicyclic) bond motifs is 1. The maximum absolute atomic E-state index is 12.8. The average Bonchev–Trinajstić information content (AvgIpc) is 2.91. The van der Waals surface area contributed by atoms with Gasteiger partial charge in [0.25, 0.3) is 5.56 Å². The van der Waals surface area contributed by atoms with E-state index in [1.807, 2.05) is 20.8 Å². The van der Waals surface area contributed by atoms with Crippen LogP contribution in [0.5, 0.6) is 0 Å². The molecular weight excluding hydrogens is 378 g/mol. The summed E-state index contributed by atoms with van der Waals surface area (Å²) in [6.45, 7) is 10.7. The highest BCUT2D eigenvalue weighted by molar-refractivity contribution is 7.99. The van der Waals surface area contributed by atoms with Gasteiger partial charge in [0.2, 0.25) is 5.91 Å². The first-order valence-corrected chi connectivity index (χ1v) is 11.6. The maximum atomic E-state index is 12.8. The number of rotatable bonds is 10. The third kappa shape index (κ3) is 5.57. The molecule has 0 unspecified atom stereocenters. The second-order valence-electron chi connectivity index (χ2n) is 7.01. The fraction of sp³-hybridized carbons (Fsp3) is 0.650. The first-order valence-electron chi connectivity index (χ1n) is 9.81. The summed E-state index contributed by atoms with van der Waals surface area (Å²) in [4.78, 5) is 31.7. The van der Waals surface area contributed by atoms with Gasteiger partial charge in [-0.15, -0.1) is 11.3 Å². The molecule has 0 aliphatic rings. The lowest BCUT2D eigenvalue weighted by atomic mass is 10.1. The molecule has 2 aromatic rings. The van der Waals surface area contributed by atoms with Gasteiger partial charge in [0.1, 0.15) is 4.83 Å². The van der Waals surface area contributed by atoms with Crippen molar-refractivity contribution in [1.82, 2.24) is 14.9 Å². The van der Waals surface area contributed by atoms with Gasteiger partial charge < -0.3 is 5.32 Å². The topological polar surface area (TPSA) is 64.0 Å². The van der Waals surface area contributed by atoms with E-state index in [4.69, 9.17) is 0 Å². The van der Waals surface area contributed by atoms with E-state index in [0.29, 0.717) is 17.1 Å². The number of thiophene rings is 1. The predicted molar refractivity (Wildman–Crippen MR) is 116 cm³/mol. The van der Waals surface area contributed by atoms with Crippen molar-refractivity contribution in [3.05, 3.63) is 20.8 Å². The van der Waals surface area contributed by atoms with Gasteiger partial charge in [0.05, 0.1) is 11.1 Å². The molecule has 1 atom stereocenters. The number of carbonyl (C=O) groups excluding carboxylic acids is 1. The number of hydrogen-bond donors (Lipinski definition) is 1. The van der Waals surface area contributed by atoms with Gasteiger partial charge in [0.15, 0.2) is 5.16 Å². The second kappa shape index (κ2) is 10.3. The fourth-order valence-corrected chi connectivity index (χ4v) is 5.04. The molecule has 1 N–H and O–H groups in total. The zero-order valence-electron chi connectivity index (χ0n) is 17.1. The quantitative estimate of drug-likeness (QED) is 0.352. The number of amides is 1. The van der Waals surface area contributed by atoms with Gasteiger partial charge in [0, 0.05) is 17.5 Å². The van der Waals surface area contributed by atoms with Gasteiger partial charge in [-0.05, 0) is 39.7 Å². The monoisotopic (exact) mass is 409 g/mol. The number of nitrogens with one attached hydrogen (secondary N) is 1. The third-order valence-corrected chi connectivity index (χ3v) is 6.88.